The van der Waals surface area contributed by atoms with Gasteiger partial charge in [0.25, 0.3) is 0 Å². The Morgan fingerprint density at radius 1 is 1.26 bits per heavy atom. The topological polar surface area (TPSA) is 67.3 Å². The van der Waals surface area contributed by atoms with Crippen LogP contribution in [-0.2, 0) is 4.74 Å². The van der Waals surface area contributed by atoms with E-state index in [1.165, 1.54) is 0 Å². The van der Waals surface area contributed by atoms with Crippen molar-refractivity contribution in [2.45, 2.75) is 45.3 Å². The summed E-state index contributed by atoms with van der Waals surface area (Å²) in [5, 5.41) is 3.36. The molecule has 6 nitrogen and oxygen atoms in total. The number of hydrogen-bond acceptors (Lipinski definition) is 5. The molecule has 1 unspecified atom stereocenters. The fourth-order valence-electron chi connectivity index (χ4n) is 3.06. The Balaban J connectivity index is 1.73. The molecule has 1 aliphatic heterocycles. The highest BCUT2D eigenvalue weighted by atomic mass is 35.5. The molecule has 1 atom stereocenters. The molecule has 2 aromatic rings. The van der Waals surface area contributed by atoms with E-state index in [0.29, 0.717) is 17.5 Å². The van der Waals surface area contributed by atoms with Gasteiger partial charge in [0.1, 0.15) is 16.6 Å². The molecule has 1 aromatic heterocycles. The summed E-state index contributed by atoms with van der Waals surface area (Å²) in [6.45, 7) is 7.07. The molecule has 2 heterocycles. The van der Waals surface area contributed by atoms with Crippen molar-refractivity contribution < 1.29 is 9.53 Å². The first-order chi connectivity index (χ1) is 12.8. The largest absolute Gasteiger partial charge is 0.444 e. The van der Waals surface area contributed by atoms with Gasteiger partial charge in [-0.05, 0) is 33.6 Å². The van der Waals surface area contributed by atoms with Gasteiger partial charge in [-0.3, -0.25) is 0 Å². The summed E-state index contributed by atoms with van der Waals surface area (Å²) in [4.78, 5) is 23.2. The molecular weight excluding hydrogens is 364 g/mol. The van der Waals surface area contributed by atoms with Gasteiger partial charge in [0.05, 0.1) is 0 Å². The molecule has 144 valence electrons. The van der Waals surface area contributed by atoms with Crippen LogP contribution in [0, 0.1) is 0 Å². The average Bonchev–Trinajstić information content (AvgIpc) is 2.60. The molecule has 0 saturated carbocycles. The Labute approximate surface area is 164 Å². The van der Waals surface area contributed by atoms with Crippen molar-refractivity contribution in [1.29, 1.82) is 0 Å². The number of carbonyl (C=O) groups is 1. The number of amides is 1. The van der Waals surface area contributed by atoms with Gasteiger partial charge in [0, 0.05) is 30.8 Å². The summed E-state index contributed by atoms with van der Waals surface area (Å²) in [6, 6.07) is 11.5. The summed E-state index contributed by atoms with van der Waals surface area (Å²) in [5.74, 6) is 1.37. The molecule has 1 saturated heterocycles. The Morgan fingerprint density at radius 3 is 2.70 bits per heavy atom. The number of anilines is 1. The second kappa shape index (κ2) is 8.13. The van der Waals surface area contributed by atoms with Gasteiger partial charge in [0.15, 0.2) is 5.82 Å². The second-order valence-electron chi connectivity index (χ2n) is 7.67. The number of nitrogens with one attached hydrogen (secondary N) is 1. The standard InChI is InChI=1S/C20H25ClN4O2/c1-20(2,3)27-19(26)22-15-10-7-11-25(13-15)17-12-16(21)23-18(24-17)14-8-5-4-6-9-14/h4-6,8-9,12,15H,7,10-11,13H2,1-3H3,(H,22,26). The molecule has 0 aliphatic carbocycles. The molecule has 1 N–H and O–H groups in total. The Hall–Kier alpha value is -2.34. The average molecular weight is 389 g/mol. The van der Waals surface area contributed by atoms with E-state index >= 15 is 0 Å². The Kier molecular flexibility index (Phi) is 5.85. The van der Waals surface area contributed by atoms with Crippen LogP contribution < -0.4 is 10.2 Å². The molecule has 1 aromatic carbocycles. The predicted octanol–water partition coefficient (Wildman–Crippen LogP) is 4.29. The molecule has 27 heavy (non-hydrogen) atoms. The van der Waals surface area contributed by atoms with E-state index in [0.717, 1.165) is 30.8 Å². The van der Waals surface area contributed by atoms with Gasteiger partial charge in [-0.15, -0.1) is 0 Å². The van der Waals surface area contributed by atoms with Gasteiger partial charge < -0.3 is 15.0 Å². The molecule has 0 spiro atoms. The zero-order valence-corrected chi connectivity index (χ0v) is 16.7. The number of carbonyl (C=O) groups excluding carboxylic acids is 1. The third-order valence-electron chi connectivity index (χ3n) is 4.18. The fourth-order valence-corrected chi connectivity index (χ4v) is 3.24. The van der Waals surface area contributed by atoms with Crippen LogP contribution in [0.4, 0.5) is 10.6 Å². The highest BCUT2D eigenvalue weighted by molar-refractivity contribution is 6.29. The molecular formula is C20H25ClN4O2. The molecule has 1 fully saturated rings. The first kappa shape index (κ1) is 19.4. The van der Waals surface area contributed by atoms with Crippen LogP contribution >= 0.6 is 11.6 Å². The first-order valence-electron chi connectivity index (χ1n) is 9.15. The minimum absolute atomic E-state index is 0.00233. The molecule has 7 heteroatoms. The van der Waals surface area contributed by atoms with E-state index in [1.54, 1.807) is 6.07 Å². The lowest BCUT2D eigenvalue weighted by Crippen LogP contribution is -2.49. The van der Waals surface area contributed by atoms with E-state index in [-0.39, 0.29) is 12.1 Å². The van der Waals surface area contributed by atoms with Crippen LogP contribution in [0.5, 0.6) is 0 Å². The van der Waals surface area contributed by atoms with Crippen molar-refractivity contribution in [1.82, 2.24) is 15.3 Å². The number of piperidine rings is 1. The third-order valence-corrected chi connectivity index (χ3v) is 4.37. The zero-order valence-electron chi connectivity index (χ0n) is 15.9. The lowest BCUT2D eigenvalue weighted by molar-refractivity contribution is 0.0500. The maximum absolute atomic E-state index is 12.1. The van der Waals surface area contributed by atoms with E-state index in [1.807, 2.05) is 51.1 Å². The van der Waals surface area contributed by atoms with E-state index < -0.39 is 5.60 Å². The fraction of sp³-hybridized carbons (Fsp3) is 0.450. The van der Waals surface area contributed by atoms with Crippen LogP contribution in [0.15, 0.2) is 36.4 Å². The van der Waals surface area contributed by atoms with E-state index in [9.17, 15) is 4.79 Å². The first-order valence-corrected chi connectivity index (χ1v) is 9.52. The van der Waals surface area contributed by atoms with Crippen LogP contribution in [0.3, 0.4) is 0 Å². The highest BCUT2D eigenvalue weighted by Gasteiger charge is 2.25. The van der Waals surface area contributed by atoms with Crippen molar-refractivity contribution >= 4 is 23.5 Å². The van der Waals surface area contributed by atoms with E-state index in [4.69, 9.17) is 16.3 Å². The Bertz CT molecular complexity index is 792. The number of ether oxygens (including phenoxy) is 1. The lowest BCUT2D eigenvalue weighted by Gasteiger charge is -2.34. The van der Waals surface area contributed by atoms with E-state index in [2.05, 4.69) is 20.2 Å². The molecule has 0 radical (unpaired) electrons. The zero-order chi connectivity index (χ0) is 19.4. The van der Waals surface area contributed by atoms with Crippen LogP contribution in [-0.4, -0.2) is 40.8 Å². The van der Waals surface area contributed by atoms with Crippen molar-refractivity contribution in [3.63, 3.8) is 0 Å². The number of halogens is 1. The van der Waals surface area contributed by atoms with Gasteiger partial charge in [-0.1, -0.05) is 41.9 Å². The summed E-state index contributed by atoms with van der Waals surface area (Å²) < 4.78 is 5.36. The third kappa shape index (κ3) is 5.57. The number of aromatic nitrogens is 2. The van der Waals surface area contributed by atoms with Crippen LogP contribution in [0.25, 0.3) is 11.4 Å². The van der Waals surface area contributed by atoms with Gasteiger partial charge in [0.2, 0.25) is 0 Å². The summed E-state index contributed by atoms with van der Waals surface area (Å²) in [5.41, 5.74) is 0.408. The number of alkyl carbamates (subject to hydrolysis) is 1. The number of hydrogen-bond donors (Lipinski definition) is 1. The summed E-state index contributed by atoms with van der Waals surface area (Å²) in [6.07, 6.45) is 1.46. The maximum Gasteiger partial charge on any atom is 0.407 e. The second-order valence-corrected chi connectivity index (χ2v) is 8.06. The SMILES string of the molecule is CC(C)(C)OC(=O)NC1CCCN(c2cc(Cl)nc(-c3ccccc3)n2)C1. The minimum Gasteiger partial charge on any atom is -0.444 e. The Morgan fingerprint density at radius 2 is 2.00 bits per heavy atom. The maximum atomic E-state index is 12.1. The highest BCUT2D eigenvalue weighted by Crippen LogP contribution is 2.25. The number of benzene rings is 1. The summed E-state index contributed by atoms with van der Waals surface area (Å²) in [7, 11) is 0. The van der Waals surface area contributed by atoms with Crippen molar-refractivity contribution in [2.24, 2.45) is 0 Å². The minimum atomic E-state index is -0.511. The number of rotatable bonds is 3. The normalized spacial score (nSPS) is 17.5. The van der Waals surface area contributed by atoms with Gasteiger partial charge in [-0.2, -0.15) is 0 Å². The van der Waals surface area contributed by atoms with Crippen molar-refractivity contribution in [2.75, 3.05) is 18.0 Å². The lowest BCUT2D eigenvalue weighted by atomic mass is 10.1. The molecule has 0 bridgehead atoms. The van der Waals surface area contributed by atoms with Crippen molar-refractivity contribution in [3.8, 4) is 11.4 Å². The van der Waals surface area contributed by atoms with Crippen molar-refractivity contribution in [3.05, 3.63) is 41.6 Å². The number of nitrogens with zero attached hydrogens (tertiary/aromatic N) is 3. The quantitative estimate of drug-likeness (QED) is 0.794. The monoisotopic (exact) mass is 388 g/mol. The summed E-state index contributed by atoms with van der Waals surface area (Å²) >= 11 is 6.24. The van der Waals surface area contributed by atoms with Crippen LogP contribution in [0.2, 0.25) is 5.15 Å². The smallest absolute Gasteiger partial charge is 0.407 e. The predicted molar refractivity (Wildman–Crippen MR) is 107 cm³/mol. The molecule has 1 aliphatic rings. The van der Waals surface area contributed by atoms with Gasteiger partial charge >= 0.3 is 6.09 Å². The molecule has 1 amide bonds. The molecule has 3 rings (SSSR count). The van der Waals surface area contributed by atoms with Gasteiger partial charge in [-0.25, -0.2) is 14.8 Å². The van der Waals surface area contributed by atoms with Crippen LogP contribution in [0.1, 0.15) is 33.6 Å².